The average Bonchev–Trinajstić information content (AvgIpc) is 3.59. The van der Waals surface area contributed by atoms with Crippen LogP contribution in [0, 0.1) is 5.82 Å². The predicted octanol–water partition coefficient (Wildman–Crippen LogP) is 4.36. The van der Waals surface area contributed by atoms with E-state index in [1.54, 1.807) is 36.9 Å². The topological polar surface area (TPSA) is 142 Å². The smallest absolute Gasteiger partial charge is 0.209 e. The van der Waals surface area contributed by atoms with Crippen molar-refractivity contribution in [2.75, 3.05) is 33.5 Å². The lowest BCUT2D eigenvalue weighted by Gasteiger charge is -2.11. The van der Waals surface area contributed by atoms with Crippen LogP contribution in [0.3, 0.4) is 0 Å². The van der Waals surface area contributed by atoms with Crippen LogP contribution < -0.4 is 9.46 Å². The van der Waals surface area contributed by atoms with Crippen LogP contribution in [-0.4, -0.2) is 77.0 Å². The van der Waals surface area contributed by atoms with Gasteiger partial charge in [-0.3, -0.25) is 15.1 Å². The number of aromatic nitrogens is 6. The molecular formula is C30H29FN8O3S. The van der Waals surface area contributed by atoms with Crippen molar-refractivity contribution in [3.8, 4) is 39.5 Å². The van der Waals surface area contributed by atoms with E-state index in [2.05, 4.69) is 34.9 Å². The quantitative estimate of drug-likeness (QED) is 0.211. The standard InChI is InChI=1S/C30H29FN8O3S/c1-39(2)6-7-42-22-11-20(15-32-16-22)26-13-25-28(17-34-26)37-38-29(25)27-12-24-23(4-5-33-30(24)36-27)19-8-18(9-21(31)10-19)14-35-43(3,40)41/h4-5,8-13,15-17,35H,6-7,14H2,1-3H3,(H,33,36)(H,37,38). The third-order valence-corrected chi connectivity index (χ3v) is 7.53. The summed E-state index contributed by atoms with van der Waals surface area (Å²) >= 11 is 0. The fraction of sp³-hybridized carbons (Fsp3) is 0.200. The fourth-order valence-electron chi connectivity index (χ4n) is 4.79. The molecule has 0 aliphatic carbocycles. The molecule has 5 aromatic heterocycles. The van der Waals surface area contributed by atoms with E-state index in [4.69, 9.17) is 4.74 Å². The first-order valence-corrected chi connectivity index (χ1v) is 15.3. The fourth-order valence-corrected chi connectivity index (χ4v) is 5.22. The van der Waals surface area contributed by atoms with Crippen molar-refractivity contribution < 1.29 is 17.5 Å². The van der Waals surface area contributed by atoms with Gasteiger partial charge in [0.05, 0.1) is 35.6 Å². The van der Waals surface area contributed by atoms with Gasteiger partial charge in [0.2, 0.25) is 10.0 Å². The lowest BCUT2D eigenvalue weighted by molar-refractivity contribution is 0.261. The SMILES string of the molecule is CN(C)CCOc1cncc(-c2cc3c(-c4cc5c(-c6cc(F)cc(CNS(C)(=O)=O)c6)ccnc5[nH]4)n[nH]c3cn2)c1. The van der Waals surface area contributed by atoms with Crippen LogP contribution in [0.5, 0.6) is 5.75 Å². The Morgan fingerprint density at radius 2 is 1.86 bits per heavy atom. The summed E-state index contributed by atoms with van der Waals surface area (Å²) in [6.07, 6.45) is 7.85. The molecule has 0 unspecified atom stereocenters. The highest BCUT2D eigenvalue weighted by atomic mass is 32.2. The molecule has 11 nitrogen and oxygen atoms in total. The second-order valence-corrected chi connectivity index (χ2v) is 12.3. The second kappa shape index (κ2) is 11.5. The molecule has 0 amide bonds. The lowest BCUT2D eigenvalue weighted by Crippen LogP contribution is -2.21. The summed E-state index contributed by atoms with van der Waals surface area (Å²) < 4.78 is 46.0. The normalized spacial score (nSPS) is 12.0. The van der Waals surface area contributed by atoms with Crippen molar-refractivity contribution in [1.82, 2.24) is 39.8 Å². The van der Waals surface area contributed by atoms with Gasteiger partial charge in [-0.2, -0.15) is 5.10 Å². The zero-order chi connectivity index (χ0) is 30.1. The largest absolute Gasteiger partial charge is 0.491 e. The molecule has 6 aromatic rings. The molecular weight excluding hydrogens is 571 g/mol. The molecule has 0 aliphatic heterocycles. The van der Waals surface area contributed by atoms with Gasteiger partial charge in [-0.1, -0.05) is 0 Å². The van der Waals surface area contributed by atoms with Crippen molar-refractivity contribution in [3.63, 3.8) is 0 Å². The molecule has 5 heterocycles. The monoisotopic (exact) mass is 600 g/mol. The Labute approximate surface area is 247 Å². The van der Waals surface area contributed by atoms with Crippen LogP contribution in [0.25, 0.3) is 55.7 Å². The number of ether oxygens (including phenoxy) is 1. The molecule has 0 spiro atoms. The molecule has 0 saturated heterocycles. The first kappa shape index (κ1) is 28.4. The number of halogens is 1. The minimum atomic E-state index is -3.43. The highest BCUT2D eigenvalue weighted by molar-refractivity contribution is 7.88. The van der Waals surface area contributed by atoms with Gasteiger partial charge in [0.25, 0.3) is 0 Å². The Morgan fingerprint density at radius 3 is 2.67 bits per heavy atom. The van der Waals surface area contributed by atoms with Crippen LogP contribution in [0.2, 0.25) is 0 Å². The third-order valence-electron chi connectivity index (χ3n) is 6.86. The molecule has 0 saturated carbocycles. The Hall–Kier alpha value is -4.72. The van der Waals surface area contributed by atoms with Crippen molar-refractivity contribution >= 4 is 32.0 Å². The van der Waals surface area contributed by atoms with Gasteiger partial charge >= 0.3 is 0 Å². The molecule has 0 aliphatic rings. The molecule has 6 rings (SSSR count). The van der Waals surface area contributed by atoms with Gasteiger partial charge in [0, 0.05) is 41.8 Å². The summed E-state index contributed by atoms with van der Waals surface area (Å²) in [6, 6.07) is 12.1. The van der Waals surface area contributed by atoms with E-state index < -0.39 is 15.8 Å². The summed E-state index contributed by atoms with van der Waals surface area (Å²) in [5.74, 6) is 0.194. The molecule has 0 fully saturated rings. The summed E-state index contributed by atoms with van der Waals surface area (Å²) in [5.41, 5.74) is 6.11. The zero-order valence-electron chi connectivity index (χ0n) is 23.7. The van der Waals surface area contributed by atoms with Gasteiger partial charge in [-0.15, -0.1) is 0 Å². The number of fused-ring (bicyclic) bond motifs is 2. The van der Waals surface area contributed by atoms with Gasteiger partial charge in [-0.05, 0) is 73.3 Å². The van der Waals surface area contributed by atoms with E-state index in [-0.39, 0.29) is 6.54 Å². The molecule has 0 atom stereocenters. The van der Waals surface area contributed by atoms with Crippen molar-refractivity contribution in [3.05, 3.63) is 78.6 Å². The van der Waals surface area contributed by atoms with Gasteiger partial charge in [0.15, 0.2) is 0 Å². The van der Waals surface area contributed by atoms with E-state index in [0.29, 0.717) is 46.2 Å². The molecule has 1 aromatic carbocycles. The molecule has 0 bridgehead atoms. The number of nitrogens with one attached hydrogen (secondary N) is 3. The van der Waals surface area contributed by atoms with Crippen LogP contribution in [0.1, 0.15) is 5.56 Å². The number of H-pyrrole nitrogens is 2. The first-order chi connectivity index (χ1) is 20.6. The molecule has 0 radical (unpaired) electrons. The Kier molecular flexibility index (Phi) is 7.61. The predicted molar refractivity (Wildman–Crippen MR) is 163 cm³/mol. The van der Waals surface area contributed by atoms with E-state index in [9.17, 15) is 12.8 Å². The molecule has 3 N–H and O–H groups in total. The van der Waals surface area contributed by atoms with Crippen molar-refractivity contribution in [2.24, 2.45) is 0 Å². The maximum Gasteiger partial charge on any atom is 0.209 e. The van der Waals surface area contributed by atoms with Gasteiger partial charge in [-0.25, -0.2) is 22.5 Å². The summed E-state index contributed by atoms with van der Waals surface area (Å²) in [5, 5.41) is 9.21. The van der Waals surface area contributed by atoms with Crippen molar-refractivity contribution in [2.45, 2.75) is 6.54 Å². The van der Waals surface area contributed by atoms with E-state index >= 15 is 0 Å². The maximum absolute atomic E-state index is 14.6. The Morgan fingerprint density at radius 1 is 1.00 bits per heavy atom. The van der Waals surface area contributed by atoms with E-state index in [1.165, 1.54) is 12.1 Å². The second-order valence-electron chi connectivity index (χ2n) is 10.5. The number of hydrogen-bond acceptors (Lipinski definition) is 8. The summed E-state index contributed by atoms with van der Waals surface area (Å²) in [7, 11) is 0.549. The van der Waals surface area contributed by atoms with Crippen LogP contribution >= 0.6 is 0 Å². The number of pyridine rings is 3. The van der Waals surface area contributed by atoms with Gasteiger partial charge < -0.3 is 14.6 Å². The lowest BCUT2D eigenvalue weighted by atomic mass is 10.0. The average molecular weight is 601 g/mol. The number of likely N-dealkylation sites (N-methyl/N-ethyl adjacent to an activating group) is 1. The van der Waals surface area contributed by atoms with E-state index in [0.717, 1.165) is 40.2 Å². The van der Waals surface area contributed by atoms with Gasteiger partial charge in [0.1, 0.15) is 29.5 Å². The number of aromatic amines is 2. The maximum atomic E-state index is 14.6. The first-order valence-electron chi connectivity index (χ1n) is 13.4. The van der Waals surface area contributed by atoms with E-state index in [1.807, 2.05) is 37.2 Å². The highest BCUT2D eigenvalue weighted by Gasteiger charge is 2.16. The molecule has 13 heteroatoms. The highest BCUT2D eigenvalue weighted by Crippen LogP contribution is 2.35. The zero-order valence-corrected chi connectivity index (χ0v) is 24.5. The number of benzene rings is 1. The third kappa shape index (κ3) is 6.38. The number of sulfonamides is 1. The number of hydrogen-bond donors (Lipinski definition) is 3. The molecule has 220 valence electrons. The Balaban J connectivity index is 1.35. The van der Waals surface area contributed by atoms with Crippen LogP contribution in [-0.2, 0) is 16.6 Å². The summed E-state index contributed by atoms with van der Waals surface area (Å²) in [6.45, 7) is 1.31. The minimum absolute atomic E-state index is 0.0214. The number of rotatable bonds is 10. The summed E-state index contributed by atoms with van der Waals surface area (Å²) in [4.78, 5) is 18.8. The van der Waals surface area contributed by atoms with Crippen LogP contribution in [0.4, 0.5) is 4.39 Å². The number of nitrogens with zero attached hydrogens (tertiary/aromatic N) is 5. The molecule has 43 heavy (non-hydrogen) atoms. The van der Waals surface area contributed by atoms with Crippen molar-refractivity contribution in [1.29, 1.82) is 0 Å². The van der Waals surface area contributed by atoms with Crippen LogP contribution in [0.15, 0.2) is 67.3 Å². The minimum Gasteiger partial charge on any atom is -0.491 e. The Bertz CT molecular complexity index is 2060.